The van der Waals surface area contributed by atoms with Crippen molar-refractivity contribution in [2.45, 2.75) is 52.0 Å². The second-order valence-electron chi connectivity index (χ2n) is 7.19. The molecule has 1 aliphatic heterocycles. The molecule has 0 bridgehead atoms. The lowest BCUT2D eigenvalue weighted by molar-refractivity contribution is 0.100. The van der Waals surface area contributed by atoms with Gasteiger partial charge in [0, 0.05) is 22.5 Å². The first-order valence-electron chi connectivity index (χ1n) is 8.15. The molecule has 1 fully saturated rings. The van der Waals surface area contributed by atoms with Crippen molar-refractivity contribution in [2.75, 3.05) is 13.7 Å². The second-order valence-corrected chi connectivity index (χ2v) is 8.10. The molecule has 1 N–H and O–H groups in total. The van der Waals surface area contributed by atoms with Crippen LogP contribution in [0.3, 0.4) is 0 Å². The average Bonchev–Trinajstić information content (AvgIpc) is 2.89. The SMILES string of the molecule is CNC(c1cc(Br)cc2c1OCC2)C1CCCCC1(C)C. The largest absolute Gasteiger partial charge is 0.493 e. The summed E-state index contributed by atoms with van der Waals surface area (Å²) in [5.74, 6) is 1.80. The van der Waals surface area contributed by atoms with Gasteiger partial charge in [0.15, 0.2) is 0 Å². The number of nitrogens with one attached hydrogen (secondary N) is 1. The maximum atomic E-state index is 5.97. The lowest BCUT2D eigenvalue weighted by Gasteiger charge is -2.43. The maximum absolute atomic E-state index is 5.97. The smallest absolute Gasteiger partial charge is 0.127 e. The average molecular weight is 352 g/mol. The van der Waals surface area contributed by atoms with E-state index in [9.17, 15) is 0 Å². The van der Waals surface area contributed by atoms with Gasteiger partial charge in [0.05, 0.1) is 6.61 Å². The third kappa shape index (κ3) is 2.87. The summed E-state index contributed by atoms with van der Waals surface area (Å²) in [5, 5.41) is 3.60. The van der Waals surface area contributed by atoms with Crippen molar-refractivity contribution < 1.29 is 4.74 Å². The molecule has 1 heterocycles. The molecular formula is C18H26BrNO. The van der Waals surface area contributed by atoms with Gasteiger partial charge in [-0.25, -0.2) is 0 Å². The number of ether oxygens (including phenoxy) is 1. The highest BCUT2D eigenvalue weighted by atomic mass is 79.9. The number of benzene rings is 1. The Morgan fingerprint density at radius 3 is 2.86 bits per heavy atom. The van der Waals surface area contributed by atoms with Crippen LogP contribution in [0.2, 0.25) is 0 Å². The first-order chi connectivity index (χ1) is 10.0. The lowest BCUT2D eigenvalue weighted by atomic mass is 9.64. The van der Waals surface area contributed by atoms with Crippen molar-refractivity contribution in [1.82, 2.24) is 5.32 Å². The van der Waals surface area contributed by atoms with Gasteiger partial charge >= 0.3 is 0 Å². The standard InChI is InChI=1S/C18H26BrNO/c1-18(2)8-5-4-6-15(18)16(20-3)14-11-13(19)10-12-7-9-21-17(12)14/h10-11,15-16,20H,4-9H2,1-3H3. The molecule has 21 heavy (non-hydrogen) atoms. The Kier molecular flexibility index (Phi) is 4.33. The van der Waals surface area contributed by atoms with Gasteiger partial charge in [0.1, 0.15) is 5.75 Å². The monoisotopic (exact) mass is 351 g/mol. The molecule has 2 nitrogen and oxygen atoms in total. The van der Waals surface area contributed by atoms with Gasteiger partial charge in [0.2, 0.25) is 0 Å². The van der Waals surface area contributed by atoms with Gasteiger partial charge in [-0.1, -0.05) is 42.6 Å². The van der Waals surface area contributed by atoms with E-state index in [-0.39, 0.29) is 0 Å². The first kappa shape index (κ1) is 15.4. The van der Waals surface area contributed by atoms with E-state index in [2.05, 4.69) is 54.3 Å². The zero-order valence-electron chi connectivity index (χ0n) is 13.3. The van der Waals surface area contributed by atoms with Gasteiger partial charge in [-0.15, -0.1) is 0 Å². The minimum atomic E-state index is 0.379. The molecule has 1 saturated carbocycles. The van der Waals surface area contributed by atoms with Crippen molar-refractivity contribution in [3.05, 3.63) is 27.7 Å². The molecule has 0 saturated heterocycles. The molecule has 2 unspecified atom stereocenters. The van der Waals surface area contributed by atoms with Crippen LogP contribution in [-0.4, -0.2) is 13.7 Å². The third-order valence-corrected chi connectivity index (χ3v) is 5.87. The van der Waals surface area contributed by atoms with Crippen molar-refractivity contribution in [2.24, 2.45) is 11.3 Å². The van der Waals surface area contributed by atoms with E-state index in [1.54, 1.807) is 0 Å². The van der Waals surface area contributed by atoms with Crippen LogP contribution in [0.15, 0.2) is 16.6 Å². The third-order valence-electron chi connectivity index (χ3n) is 5.42. The number of hydrogen-bond acceptors (Lipinski definition) is 2. The van der Waals surface area contributed by atoms with Crippen LogP contribution < -0.4 is 10.1 Å². The van der Waals surface area contributed by atoms with Crippen LogP contribution in [0.25, 0.3) is 0 Å². The predicted molar refractivity (Wildman–Crippen MR) is 90.9 cm³/mol. The molecule has 0 aromatic heterocycles. The summed E-state index contributed by atoms with van der Waals surface area (Å²) in [6.07, 6.45) is 6.38. The highest BCUT2D eigenvalue weighted by Gasteiger charge is 2.39. The first-order valence-corrected chi connectivity index (χ1v) is 8.94. The van der Waals surface area contributed by atoms with E-state index in [0.29, 0.717) is 17.4 Å². The zero-order chi connectivity index (χ0) is 15.0. The molecule has 1 aromatic carbocycles. The molecule has 3 rings (SSSR count). The molecule has 2 atom stereocenters. The second kappa shape index (κ2) is 5.92. The Labute approximate surface area is 136 Å². The summed E-state index contributed by atoms with van der Waals surface area (Å²) in [4.78, 5) is 0. The summed E-state index contributed by atoms with van der Waals surface area (Å²) in [7, 11) is 2.09. The van der Waals surface area contributed by atoms with Crippen LogP contribution in [-0.2, 0) is 6.42 Å². The number of rotatable bonds is 3. The Morgan fingerprint density at radius 1 is 1.33 bits per heavy atom. The van der Waals surface area contributed by atoms with Crippen LogP contribution in [0.5, 0.6) is 5.75 Å². The fraction of sp³-hybridized carbons (Fsp3) is 0.667. The van der Waals surface area contributed by atoms with Gasteiger partial charge in [-0.3, -0.25) is 0 Å². The normalized spacial score (nSPS) is 25.2. The van der Waals surface area contributed by atoms with Gasteiger partial charge in [-0.05, 0) is 48.9 Å². The highest BCUT2D eigenvalue weighted by molar-refractivity contribution is 9.10. The molecule has 0 amide bonds. The van der Waals surface area contributed by atoms with Gasteiger partial charge in [-0.2, -0.15) is 0 Å². The Bertz CT molecular complexity index is 526. The summed E-state index contributed by atoms with van der Waals surface area (Å²) >= 11 is 3.68. The molecule has 0 spiro atoms. The van der Waals surface area contributed by atoms with E-state index in [4.69, 9.17) is 4.74 Å². The quantitative estimate of drug-likeness (QED) is 0.839. The summed E-state index contributed by atoms with van der Waals surface area (Å²) in [5.41, 5.74) is 3.09. The van der Waals surface area contributed by atoms with Crippen molar-refractivity contribution in [3.8, 4) is 5.75 Å². The Hall–Kier alpha value is -0.540. The number of hydrogen-bond donors (Lipinski definition) is 1. The summed E-state index contributed by atoms with van der Waals surface area (Å²) in [6, 6.07) is 4.85. The highest BCUT2D eigenvalue weighted by Crippen LogP contribution is 2.49. The predicted octanol–water partition coefficient (Wildman–Crippen LogP) is 4.86. The molecule has 2 aliphatic rings. The van der Waals surface area contributed by atoms with Gasteiger partial charge < -0.3 is 10.1 Å². The molecule has 1 aromatic rings. The molecular weight excluding hydrogens is 326 g/mol. The summed E-state index contributed by atoms with van der Waals surface area (Å²) in [6.45, 7) is 5.68. The van der Waals surface area contributed by atoms with E-state index in [0.717, 1.165) is 18.8 Å². The Balaban J connectivity index is 2.00. The molecule has 1 aliphatic carbocycles. The number of fused-ring (bicyclic) bond motifs is 1. The van der Waals surface area contributed by atoms with Crippen molar-refractivity contribution in [3.63, 3.8) is 0 Å². The minimum Gasteiger partial charge on any atom is -0.493 e. The van der Waals surface area contributed by atoms with Crippen LogP contribution >= 0.6 is 15.9 Å². The van der Waals surface area contributed by atoms with Crippen molar-refractivity contribution >= 4 is 15.9 Å². The molecule has 116 valence electrons. The zero-order valence-corrected chi connectivity index (χ0v) is 14.9. The fourth-order valence-corrected chi connectivity index (χ4v) is 4.76. The summed E-state index contributed by atoms with van der Waals surface area (Å²) < 4.78 is 7.14. The molecule has 3 heteroatoms. The van der Waals surface area contributed by atoms with Crippen molar-refractivity contribution in [1.29, 1.82) is 0 Å². The van der Waals surface area contributed by atoms with Crippen LogP contribution in [0.1, 0.15) is 56.7 Å². The van der Waals surface area contributed by atoms with Gasteiger partial charge in [0.25, 0.3) is 0 Å². The lowest BCUT2D eigenvalue weighted by Crippen LogP contribution is -2.38. The van der Waals surface area contributed by atoms with E-state index >= 15 is 0 Å². The Morgan fingerprint density at radius 2 is 2.14 bits per heavy atom. The number of halogens is 1. The van der Waals surface area contributed by atoms with Crippen LogP contribution in [0, 0.1) is 11.3 Å². The van der Waals surface area contributed by atoms with E-state index < -0.39 is 0 Å². The maximum Gasteiger partial charge on any atom is 0.127 e. The fourth-order valence-electron chi connectivity index (χ4n) is 4.24. The molecule has 0 radical (unpaired) electrons. The topological polar surface area (TPSA) is 21.3 Å². The minimum absolute atomic E-state index is 0.379. The van der Waals surface area contributed by atoms with E-state index in [1.807, 2.05) is 0 Å². The van der Waals surface area contributed by atoms with Crippen LogP contribution in [0.4, 0.5) is 0 Å². The van der Waals surface area contributed by atoms with E-state index in [1.165, 1.54) is 41.3 Å².